The monoisotopic (exact) mass is 636 g/mol. The van der Waals surface area contributed by atoms with Crippen LogP contribution < -0.4 is 0 Å². The molecule has 4 aliphatic rings. The molecule has 0 aliphatic heterocycles. The summed E-state index contributed by atoms with van der Waals surface area (Å²) < 4.78 is 2.31. The van der Waals surface area contributed by atoms with Gasteiger partial charge in [0.05, 0.1) is 12.0 Å². The highest BCUT2D eigenvalue weighted by atomic mass is 35.5. The summed E-state index contributed by atoms with van der Waals surface area (Å²) in [4.78, 5) is 18.3. The van der Waals surface area contributed by atoms with Crippen LogP contribution >= 0.6 is 11.6 Å². The largest absolute Gasteiger partial charge is 0.318 e. The van der Waals surface area contributed by atoms with Gasteiger partial charge in [-0.25, -0.2) is 4.98 Å². The van der Waals surface area contributed by atoms with Gasteiger partial charge in [-0.2, -0.15) is 0 Å². The van der Waals surface area contributed by atoms with E-state index in [1.54, 1.807) is 0 Å². The van der Waals surface area contributed by atoms with E-state index in [1.807, 2.05) is 6.33 Å². The summed E-state index contributed by atoms with van der Waals surface area (Å²) in [6.07, 6.45) is 13.0. The number of imidazole rings is 1. The molecule has 0 amide bonds. The Kier molecular flexibility index (Phi) is 7.37. The van der Waals surface area contributed by atoms with E-state index in [2.05, 4.69) is 140 Å². The highest BCUT2D eigenvalue weighted by molar-refractivity contribution is 6.64. The molecule has 236 valence electrons. The predicted octanol–water partition coefficient (Wildman–Crippen LogP) is 10.1. The molecule has 0 saturated heterocycles. The first-order valence-corrected chi connectivity index (χ1v) is 17.4. The van der Waals surface area contributed by atoms with Gasteiger partial charge in [-0.15, -0.1) is 0 Å². The number of aryl methyl sites for hydroxylation is 1. The van der Waals surface area contributed by atoms with Crippen LogP contribution in [-0.2, 0) is 10.3 Å². The molecule has 1 heterocycles. The molecule has 2 atom stereocenters. The van der Waals surface area contributed by atoms with E-state index >= 15 is 0 Å². The number of benzene rings is 4. The molecule has 4 saturated carbocycles. The lowest BCUT2D eigenvalue weighted by Crippen LogP contribution is -2.53. The first kappa shape index (κ1) is 30.1. The minimum absolute atomic E-state index is 0.0701. The molecule has 4 fully saturated rings. The van der Waals surface area contributed by atoms with Gasteiger partial charge in [-0.1, -0.05) is 115 Å². The van der Waals surface area contributed by atoms with E-state index < -0.39 is 11.0 Å². The van der Waals surface area contributed by atoms with Gasteiger partial charge < -0.3 is 4.57 Å². The van der Waals surface area contributed by atoms with Crippen LogP contribution in [0.2, 0.25) is 0 Å². The number of carbonyl (C=O) groups excluding carboxylic acids is 1. The van der Waals surface area contributed by atoms with Crippen LogP contribution in [0.3, 0.4) is 0 Å². The number of rotatable bonds is 8. The highest BCUT2D eigenvalue weighted by Gasteiger charge is 2.59. The fourth-order valence-corrected chi connectivity index (χ4v) is 10.2. The maximum atomic E-state index is 13.0. The van der Waals surface area contributed by atoms with Gasteiger partial charge in [-0.05, 0) is 115 Å². The van der Waals surface area contributed by atoms with Crippen molar-refractivity contribution in [2.24, 2.45) is 22.7 Å². The van der Waals surface area contributed by atoms with E-state index in [0.29, 0.717) is 11.8 Å². The van der Waals surface area contributed by atoms with Crippen LogP contribution in [0.15, 0.2) is 128 Å². The molecular weight excluding hydrogens is 596 g/mol. The molecule has 4 heteroatoms. The molecule has 47 heavy (non-hydrogen) atoms. The van der Waals surface area contributed by atoms with Gasteiger partial charge in [0, 0.05) is 17.2 Å². The molecular formula is C43H41ClN2O. The molecule has 9 rings (SSSR count). The Morgan fingerprint density at radius 1 is 0.787 bits per heavy atom. The van der Waals surface area contributed by atoms with Gasteiger partial charge in [0.1, 0.15) is 5.54 Å². The van der Waals surface area contributed by atoms with Gasteiger partial charge in [0.2, 0.25) is 5.24 Å². The highest BCUT2D eigenvalue weighted by Crippen LogP contribution is 2.67. The second-order valence-corrected chi connectivity index (χ2v) is 15.0. The molecule has 4 bridgehead atoms. The summed E-state index contributed by atoms with van der Waals surface area (Å²) in [5.41, 5.74) is 8.25. The number of hydrogen-bond acceptors (Lipinski definition) is 2. The van der Waals surface area contributed by atoms with Gasteiger partial charge in [0.15, 0.2) is 0 Å². The van der Waals surface area contributed by atoms with E-state index in [9.17, 15) is 4.79 Å². The standard InChI is InChI=1S/C43H41ClN2O/c1-30-13-12-20-37(31(30)2)38(26-41-22-32-21-33(23-41)25-42(24-32,28-41)40(44)47)39-27-46(29-45-39)43(34-14-6-3-7-15-34,35-16-8-4-9-17-35)36-18-10-5-11-19-36/h3-20,26-27,29,32-33H,21-25,28H2,1-2H3/b38-26-. The summed E-state index contributed by atoms with van der Waals surface area (Å²) >= 11 is 6.43. The first-order chi connectivity index (χ1) is 22.8. The Morgan fingerprint density at radius 2 is 1.34 bits per heavy atom. The fourth-order valence-electron chi connectivity index (χ4n) is 10.0. The molecule has 3 nitrogen and oxygen atoms in total. The zero-order chi connectivity index (χ0) is 32.2. The molecule has 5 aromatic rings. The van der Waals surface area contributed by atoms with E-state index in [0.717, 1.165) is 43.4 Å². The third kappa shape index (κ3) is 4.93. The Morgan fingerprint density at radius 3 is 1.87 bits per heavy atom. The normalized spacial score (nSPS) is 25.2. The van der Waals surface area contributed by atoms with Gasteiger partial charge >= 0.3 is 0 Å². The maximum absolute atomic E-state index is 13.0. The summed E-state index contributed by atoms with van der Waals surface area (Å²) in [5.74, 6) is 1.10. The van der Waals surface area contributed by atoms with Crippen LogP contribution in [0, 0.1) is 36.5 Å². The lowest BCUT2D eigenvalue weighted by atomic mass is 9.44. The van der Waals surface area contributed by atoms with Gasteiger partial charge in [0.25, 0.3) is 0 Å². The van der Waals surface area contributed by atoms with E-state index in [-0.39, 0.29) is 10.7 Å². The second-order valence-electron chi connectivity index (χ2n) is 14.7. The Hall–Kier alpha value is -4.21. The van der Waals surface area contributed by atoms with Crippen molar-refractivity contribution in [2.75, 3.05) is 0 Å². The molecule has 0 radical (unpaired) electrons. The van der Waals surface area contributed by atoms with Crippen molar-refractivity contribution < 1.29 is 4.79 Å². The van der Waals surface area contributed by atoms with Crippen LogP contribution in [-0.4, -0.2) is 14.8 Å². The van der Waals surface area contributed by atoms with Crippen molar-refractivity contribution in [2.45, 2.75) is 57.9 Å². The Balaban J connectivity index is 1.36. The average Bonchev–Trinajstić information content (AvgIpc) is 3.57. The van der Waals surface area contributed by atoms with Crippen molar-refractivity contribution >= 4 is 22.4 Å². The molecule has 4 aliphatic carbocycles. The Labute approximate surface area is 283 Å². The second kappa shape index (κ2) is 11.5. The third-order valence-electron chi connectivity index (χ3n) is 11.7. The van der Waals surface area contributed by atoms with Crippen molar-refractivity contribution in [3.05, 3.63) is 167 Å². The maximum Gasteiger partial charge on any atom is 0.227 e. The summed E-state index contributed by atoms with van der Waals surface area (Å²) in [5, 5.41) is -0.125. The van der Waals surface area contributed by atoms with Crippen molar-refractivity contribution in [3.8, 4) is 0 Å². The van der Waals surface area contributed by atoms with Crippen molar-refractivity contribution in [1.82, 2.24) is 9.55 Å². The number of halogens is 1. The van der Waals surface area contributed by atoms with Crippen LogP contribution in [0.1, 0.15) is 77.6 Å². The number of aromatic nitrogens is 2. The topological polar surface area (TPSA) is 34.9 Å². The number of allylic oxidation sites excluding steroid dienone is 1. The van der Waals surface area contributed by atoms with Crippen LogP contribution in [0.25, 0.3) is 5.57 Å². The predicted molar refractivity (Wildman–Crippen MR) is 190 cm³/mol. The van der Waals surface area contributed by atoms with Crippen molar-refractivity contribution in [3.63, 3.8) is 0 Å². The summed E-state index contributed by atoms with van der Waals surface area (Å²) in [6, 6.07) is 38.9. The number of hydrogen-bond donors (Lipinski definition) is 0. The first-order valence-electron chi connectivity index (χ1n) is 17.0. The molecule has 0 spiro atoms. The SMILES string of the molecule is Cc1cccc(/C(=C/C23CC4CC(C2)CC(C(=O)Cl)(C4)C3)c2cn(C(c3ccccc3)(c3ccccc3)c3ccccc3)cn2)c1C. The lowest BCUT2D eigenvalue weighted by Gasteiger charge is -2.60. The van der Waals surface area contributed by atoms with Crippen molar-refractivity contribution in [1.29, 1.82) is 0 Å². The minimum atomic E-state index is -0.641. The number of nitrogens with zero attached hydrogens (tertiary/aromatic N) is 2. The fraction of sp³-hybridized carbons (Fsp3) is 0.302. The molecule has 2 unspecified atom stereocenters. The zero-order valence-corrected chi connectivity index (χ0v) is 28.0. The van der Waals surface area contributed by atoms with Crippen LogP contribution in [0.5, 0.6) is 0 Å². The lowest BCUT2D eigenvalue weighted by molar-refractivity contribution is -0.141. The average molecular weight is 637 g/mol. The number of carbonyl (C=O) groups is 1. The van der Waals surface area contributed by atoms with Gasteiger partial charge in [-0.3, -0.25) is 4.79 Å². The zero-order valence-electron chi connectivity index (χ0n) is 27.2. The summed E-state index contributed by atoms with van der Waals surface area (Å²) in [6.45, 7) is 4.41. The summed E-state index contributed by atoms with van der Waals surface area (Å²) in [7, 11) is 0. The smallest absolute Gasteiger partial charge is 0.227 e. The Bertz CT molecular complexity index is 1850. The minimum Gasteiger partial charge on any atom is -0.318 e. The van der Waals surface area contributed by atoms with Crippen LogP contribution in [0.4, 0.5) is 0 Å². The van der Waals surface area contributed by atoms with E-state index in [1.165, 1.54) is 39.8 Å². The third-order valence-corrected chi connectivity index (χ3v) is 12.1. The molecule has 1 aromatic heterocycles. The molecule has 4 aromatic carbocycles. The molecule has 0 N–H and O–H groups in total. The quantitative estimate of drug-likeness (QED) is 0.125. The van der Waals surface area contributed by atoms with E-state index in [4.69, 9.17) is 16.6 Å².